The molecule has 0 saturated carbocycles. The summed E-state index contributed by atoms with van der Waals surface area (Å²) < 4.78 is 26.8. The lowest BCUT2D eigenvalue weighted by atomic mass is 10.1. The van der Waals surface area contributed by atoms with Crippen molar-refractivity contribution in [3.8, 4) is 0 Å². The predicted molar refractivity (Wildman–Crippen MR) is 220 cm³/mol. The zero-order valence-corrected chi connectivity index (χ0v) is 34.6. The summed E-state index contributed by atoms with van der Waals surface area (Å²) in [6, 6.07) is 0. The van der Waals surface area contributed by atoms with Crippen molar-refractivity contribution in [3.05, 3.63) is 48.6 Å². The number of hydrogen-bond donors (Lipinski definition) is 3. The SMILES string of the molecule is CCCCC/C=C\C/C=C\C/C=C\C/C=C\CCCCCCCC(=O)OCC(O)COP(=O)(O)OCCNC(=O)CCCCCCCCCCCCC. The van der Waals surface area contributed by atoms with E-state index in [4.69, 9.17) is 13.8 Å². The summed E-state index contributed by atoms with van der Waals surface area (Å²) in [6.07, 6.45) is 44.6. The highest BCUT2D eigenvalue weighted by Crippen LogP contribution is 2.42. The highest BCUT2D eigenvalue weighted by molar-refractivity contribution is 7.47. The Morgan fingerprint density at radius 1 is 0.585 bits per heavy atom. The molecule has 2 atom stereocenters. The summed E-state index contributed by atoms with van der Waals surface area (Å²) in [6.45, 7) is 3.49. The molecule has 3 N–H and O–H groups in total. The van der Waals surface area contributed by atoms with Crippen LogP contribution in [0, 0.1) is 0 Å². The number of esters is 1. The average Bonchev–Trinajstić information content (AvgIpc) is 3.14. The van der Waals surface area contributed by atoms with E-state index in [1.807, 2.05) is 0 Å². The van der Waals surface area contributed by atoms with Gasteiger partial charge in [-0.2, -0.15) is 0 Å². The third-order valence-corrected chi connectivity index (χ3v) is 9.75. The van der Waals surface area contributed by atoms with Crippen LogP contribution in [0.5, 0.6) is 0 Å². The van der Waals surface area contributed by atoms with Gasteiger partial charge in [0, 0.05) is 19.4 Å². The molecule has 0 radical (unpaired) electrons. The van der Waals surface area contributed by atoms with Gasteiger partial charge >= 0.3 is 13.8 Å². The molecule has 0 heterocycles. The number of phosphoric acid groups is 1. The van der Waals surface area contributed by atoms with Gasteiger partial charge in [-0.1, -0.05) is 159 Å². The maximum absolute atomic E-state index is 12.1. The first kappa shape index (κ1) is 51.0. The molecular formula is C43H78NO8P. The Hall–Kier alpha value is -2.03. The smallest absolute Gasteiger partial charge is 0.463 e. The number of allylic oxidation sites excluding steroid dienone is 8. The quantitative estimate of drug-likeness (QED) is 0.0244. The van der Waals surface area contributed by atoms with Crippen molar-refractivity contribution in [2.45, 2.75) is 187 Å². The first-order valence-electron chi connectivity index (χ1n) is 21.1. The monoisotopic (exact) mass is 768 g/mol. The standard InChI is InChI=1S/C43H78NO8P/c1-3-5-7-9-11-13-15-16-17-18-19-20-21-22-23-24-26-28-30-32-34-36-43(47)50-39-41(45)40-52-53(48,49)51-38-37-44-42(46)35-33-31-29-27-25-14-12-10-8-6-4-2/h11,13,16-17,19-20,22-23,41,45H,3-10,12,14-15,18,21,24-40H2,1-2H3,(H,44,46)(H,48,49)/b13-11-,17-16-,20-19-,23-22-. The minimum absolute atomic E-state index is 0.0797. The Morgan fingerprint density at radius 3 is 1.57 bits per heavy atom. The van der Waals surface area contributed by atoms with E-state index in [0.717, 1.165) is 70.6 Å². The van der Waals surface area contributed by atoms with E-state index in [-0.39, 0.29) is 32.1 Å². The molecule has 9 nitrogen and oxygen atoms in total. The number of unbranched alkanes of at least 4 members (excludes halogenated alkanes) is 18. The van der Waals surface area contributed by atoms with Gasteiger partial charge < -0.3 is 20.1 Å². The molecule has 0 aromatic heterocycles. The first-order chi connectivity index (χ1) is 25.8. The topological polar surface area (TPSA) is 131 Å². The average molecular weight is 768 g/mol. The van der Waals surface area contributed by atoms with Gasteiger partial charge in [-0.25, -0.2) is 4.57 Å². The highest BCUT2D eigenvalue weighted by Gasteiger charge is 2.23. The van der Waals surface area contributed by atoms with Crippen LogP contribution in [0.15, 0.2) is 48.6 Å². The minimum atomic E-state index is -4.42. The fourth-order valence-corrected chi connectivity index (χ4v) is 6.30. The van der Waals surface area contributed by atoms with Crippen LogP contribution in [0.4, 0.5) is 0 Å². The largest absolute Gasteiger partial charge is 0.472 e. The molecule has 0 aliphatic rings. The fraction of sp³-hybridized carbons (Fsp3) is 0.767. The predicted octanol–water partition coefficient (Wildman–Crippen LogP) is 11.5. The van der Waals surface area contributed by atoms with Gasteiger partial charge in [-0.05, 0) is 57.8 Å². The Morgan fingerprint density at radius 2 is 1.02 bits per heavy atom. The second-order valence-electron chi connectivity index (χ2n) is 14.0. The number of aliphatic hydroxyl groups excluding tert-OH is 1. The summed E-state index contributed by atoms with van der Waals surface area (Å²) in [5, 5.41) is 12.7. The van der Waals surface area contributed by atoms with Gasteiger partial charge in [-0.3, -0.25) is 18.6 Å². The molecule has 0 spiro atoms. The Bertz CT molecular complexity index is 1010. The van der Waals surface area contributed by atoms with E-state index in [1.54, 1.807) is 0 Å². The summed E-state index contributed by atoms with van der Waals surface area (Å²) in [4.78, 5) is 33.8. The van der Waals surface area contributed by atoms with Crippen molar-refractivity contribution in [1.82, 2.24) is 5.32 Å². The van der Waals surface area contributed by atoms with Crippen LogP contribution in [-0.4, -0.2) is 54.3 Å². The number of hydrogen-bond acceptors (Lipinski definition) is 7. The molecule has 0 aliphatic carbocycles. The van der Waals surface area contributed by atoms with E-state index in [1.165, 1.54) is 77.0 Å². The van der Waals surface area contributed by atoms with Crippen molar-refractivity contribution in [2.75, 3.05) is 26.4 Å². The van der Waals surface area contributed by atoms with E-state index in [0.29, 0.717) is 12.8 Å². The van der Waals surface area contributed by atoms with E-state index < -0.39 is 26.5 Å². The molecule has 10 heteroatoms. The molecule has 0 fully saturated rings. The van der Waals surface area contributed by atoms with Gasteiger partial charge in [-0.15, -0.1) is 0 Å². The van der Waals surface area contributed by atoms with Crippen LogP contribution < -0.4 is 5.32 Å². The molecule has 0 rings (SSSR count). The molecule has 53 heavy (non-hydrogen) atoms. The van der Waals surface area contributed by atoms with E-state index in [9.17, 15) is 24.2 Å². The fourth-order valence-electron chi connectivity index (χ4n) is 5.54. The molecule has 0 saturated heterocycles. The maximum atomic E-state index is 12.1. The second-order valence-corrected chi connectivity index (χ2v) is 15.4. The van der Waals surface area contributed by atoms with Gasteiger partial charge in [0.2, 0.25) is 5.91 Å². The molecule has 308 valence electrons. The van der Waals surface area contributed by atoms with Crippen LogP contribution in [0.1, 0.15) is 181 Å². The number of carbonyl (C=O) groups is 2. The van der Waals surface area contributed by atoms with Crippen molar-refractivity contribution in [2.24, 2.45) is 0 Å². The third kappa shape index (κ3) is 41.0. The van der Waals surface area contributed by atoms with Crippen LogP contribution >= 0.6 is 7.82 Å². The van der Waals surface area contributed by atoms with Crippen molar-refractivity contribution in [1.29, 1.82) is 0 Å². The minimum Gasteiger partial charge on any atom is -0.463 e. The number of rotatable bonds is 39. The molecule has 0 aromatic rings. The summed E-state index contributed by atoms with van der Waals surface area (Å²) >= 11 is 0. The maximum Gasteiger partial charge on any atom is 0.472 e. The normalized spacial score (nSPS) is 13.8. The van der Waals surface area contributed by atoms with Crippen LogP contribution in [0.3, 0.4) is 0 Å². The summed E-state index contributed by atoms with van der Waals surface area (Å²) in [5.41, 5.74) is 0. The lowest BCUT2D eigenvalue weighted by Crippen LogP contribution is -2.27. The first-order valence-corrected chi connectivity index (χ1v) is 22.6. The Labute approximate surface area is 324 Å². The third-order valence-electron chi connectivity index (χ3n) is 8.76. The van der Waals surface area contributed by atoms with E-state index >= 15 is 0 Å². The molecule has 2 unspecified atom stereocenters. The van der Waals surface area contributed by atoms with Crippen molar-refractivity contribution < 1.29 is 37.9 Å². The number of carbonyl (C=O) groups excluding carboxylic acids is 2. The Balaban J connectivity index is 3.65. The Kier molecular flexibility index (Phi) is 38.1. The zero-order chi connectivity index (χ0) is 38.9. The second kappa shape index (κ2) is 39.7. The van der Waals surface area contributed by atoms with Crippen LogP contribution in [0.25, 0.3) is 0 Å². The van der Waals surface area contributed by atoms with Gasteiger partial charge in [0.05, 0.1) is 13.2 Å². The van der Waals surface area contributed by atoms with Gasteiger partial charge in [0.25, 0.3) is 0 Å². The van der Waals surface area contributed by atoms with Gasteiger partial charge in [0.15, 0.2) is 0 Å². The zero-order valence-electron chi connectivity index (χ0n) is 33.7. The lowest BCUT2D eigenvalue weighted by molar-refractivity contribution is -0.147. The molecule has 1 amide bonds. The number of ether oxygens (including phenoxy) is 1. The van der Waals surface area contributed by atoms with Crippen LogP contribution in [0.2, 0.25) is 0 Å². The van der Waals surface area contributed by atoms with Crippen LogP contribution in [-0.2, 0) is 27.9 Å². The number of phosphoric ester groups is 1. The highest BCUT2D eigenvalue weighted by atomic mass is 31.2. The number of amides is 1. The van der Waals surface area contributed by atoms with Crippen molar-refractivity contribution in [3.63, 3.8) is 0 Å². The molecule has 0 bridgehead atoms. The lowest BCUT2D eigenvalue weighted by Gasteiger charge is -2.15. The number of aliphatic hydroxyl groups is 1. The summed E-state index contributed by atoms with van der Waals surface area (Å²) in [7, 11) is -4.42. The molecule has 0 aliphatic heterocycles. The van der Waals surface area contributed by atoms with Gasteiger partial charge in [0.1, 0.15) is 12.7 Å². The molecular weight excluding hydrogens is 689 g/mol. The van der Waals surface area contributed by atoms with Crippen molar-refractivity contribution >= 4 is 19.7 Å². The van der Waals surface area contributed by atoms with E-state index in [2.05, 4.69) is 67.8 Å². The molecule has 0 aromatic carbocycles. The summed E-state index contributed by atoms with van der Waals surface area (Å²) in [5.74, 6) is -0.536. The number of nitrogens with one attached hydrogen (secondary N) is 1.